The number of carbonyl (C=O) groups excluding carboxylic acids is 2. The van der Waals surface area contributed by atoms with Crippen LogP contribution in [0.15, 0.2) is 77.9 Å². The Morgan fingerprint density at radius 2 is 1.76 bits per heavy atom. The van der Waals surface area contributed by atoms with Crippen LogP contribution in [0.1, 0.15) is 33.9 Å². The van der Waals surface area contributed by atoms with Gasteiger partial charge in [0.2, 0.25) is 0 Å². The van der Waals surface area contributed by atoms with Crippen molar-refractivity contribution in [2.75, 3.05) is 20.7 Å². The largest absolute Gasteiger partial charge is 0.497 e. The molecule has 0 aliphatic carbocycles. The van der Waals surface area contributed by atoms with Gasteiger partial charge in [-0.3, -0.25) is 9.59 Å². The minimum absolute atomic E-state index is 0.184. The third-order valence-electron chi connectivity index (χ3n) is 5.67. The highest BCUT2D eigenvalue weighted by atomic mass is 35.5. The molecule has 0 N–H and O–H groups in total. The molecule has 0 aromatic heterocycles. The van der Waals surface area contributed by atoms with Crippen LogP contribution in [0.25, 0.3) is 0 Å². The van der Waals surface area contributed by atoms with Crippen molar-refractivity contribution < 1.29 is 18.7 Å². The van der Waals surface area contributed by atoms with Crippen molar-refractivity contribution in [1.29, 1.82) is 0 Å². The number of likely N-dealkylation sites (N-methyl/N-ethyl adjacent to an activating group) is 1. The molecule has 0 bridgehead atoms. The van der Waals surface area contributed by atoms with Crippen LogP contribution < -0.4 is 4.74 Å². The zero-order chi connectivity index (χ0) is 24.2. The first kappa shape index (κ1) is 23.4. The number of nitrogens with zero attached hydrogens (tertiary/aromatic N) is 3. The van der Waals surface area contributed by atoms with Gasteiger partial charge in [0.05, 0.1) is 29.4 Å². The van der Waals surface area contributed by atoms with E-state index in [4.69, 9.17) is 16.3 Å². The molecule has 174 valence electrons. The Balaban J connectivity index is 1.60. The Morgan fingerprint density at radius 3 is 2.41 bits per heavy atom. The van der Waals surface area contributed by atoms with E-state index < -0.39 is 0 Å². The van der Waals surface area contributed by atoms with Gasteiger partial charge in [-0.15, -0.1) is 0 Å². The Bertz CT molecular complexity index is 1230. The van der Waals surface area contributed by atoms with Crippen LogP contribution in [-0.2, 0) is 4.79 Å². The van der Waals surface area contributed by atoms with Crippen molar-refractivity contribution in [2.24, 2.45) is 5.10 Å². The van der Waals surface area contributed by atoms with Crippen LogP contribution in [0.5, 0.6) is 5.75 Å². The van der Waals surface area contributed by atoms with Gasteiger partial charge in [-0.05, 0) is 47.5 Å². The predicted molar refractivity (Wildman–Crippen MR) is 129 cm³/mol. The van der Waals surface area contributed by atoms with Gasteiger partial charge in [0.15, 0.2) is 0 Å². The molecule has 0 saturated carbocycles. The molecule has 0 spiro atoms. The van der Waals surface area contributed by atoms with E-state index in [-0.39, 0.29) is 30.2 Å². The molecule has 0 radical (unpaired) electrons. The van der Waals surface area contributed by atoms with Gasteiger partial charge in [0.25, 0.3) is 11.8 Å². The Labute approximate surface area is 202 Å². The molecule has 8 heteroatoms. The van der Waals surface area contributed by atoms with Crippen LogP contribution >= 0.6 is 11.6 Å². The topological polar surface area (TPSA) is 62.2 Å². The summed E-state index contributed by atoms with van der Waals surface area (Å²) in [6.07, 6.45) is 0.450. The van der Waals surface area contributed by atoms with Gasteiger partial charge < -0.3 is 9.64 Å². The maximum atomic E-state index is 13.4. The summed E-state index contributed by atoms with van der Waals surface area (Å²) in [5.41, 5.74) is 2.59. The second-order valence-electron chi connectivity index (χ2n) is 7.93. The summed E-state index contributed by atoms with van der Waals surface area (Å²) in [6, 6.07) is 19.7. The molecular formula is C26H23ClFN3O3. The molecule has 0 fully saturated rings. The number of halogens is 2. The molecule has 2 amide bonds. The van der Waals surface area contributed by atoms with Crippen molar-refractivity contribution >= 4 is 29.1 Å². The summed E-state index contributed by atoms with van der Waals surface area (Å²) in [7, 11) is 3.13. The molecule has 34 heavy (non-hydrogen) atoms. The average Bonchev–Trinajstić information content (AvgIpc) is 3.30. The number of carbonyl (C=O) groups is 2. The Morgan fingerprint density at radius 1 is 1.09 bits per heavy atom. The zero-order valence-corrected chi connectivity index (χ0v) is 19.5. The van der Waals surface area contributed by atoms with Gasteiger partial charge >= 0.3 is 0 Å². The maximum absolute atomic E-state index is 13.4. The van der Waals surface area contributed by atoms with Crippen LogP contribution in [0, 0.1) is 5.82 Å². The van der Waals surface area contributed by atoms with Crippen molar-refractivity contribution in [1.82, 2.24) is 9.91 Å². The van der Waals surface area contributed by atoms with Gasteiger partial charge in [0.1, 0.15) is 18.1 Å². The van der Waals surface area contributed by atoms with E-state index in [2.05, 4.69) is 5.10 Å². The molecular weight excluding hydrogens is 457 g/mol. The Hall–Kier alpha value is -3.71. The lowest BCUT2D eigenvalue weighted by Crippen LogP contribution is -2.39. The normalized spacial score (nSPS) is 15.1. The van der Waals surface area contributed by atoms with E-state index >= 15 is 0 Å². The monoisotopic (exact) mass is 479 g/mol. The average molecular weight is 480 g/mol. The number of hydrazone groups is 1. The first-order valence-electron chi connectivity index (χ1n) is 10.7. The van der Waals surface area contributed by atoms with E-state index in [1.165, 1.54) is 22.0 Å². The molecule has 3 aromatic carbocycles. The summed E-state index contributed by atoms with van der Waals surface area (Å²) in [5, 5.41) is 6.29. The van der Waals surface area contributed by atoms with Crippen molar-refractivity contribution in [3.8, 4) is 5.75 Å². The highest BCUT2D eigenvalue weighted by molar-refractivity contribution is 6.33. The molecule has 0 unspecified atom stereocenters. The van der Waals surface area contributed by atoms with Crippen molar-refractivity contribution in [3.05, 3.63) is 100 Å². The highest BCUT2D eigenvalue weighted by Crippen LogP contribution is 2.34. The van der Waals surface area contributed by atoms with E-state index in [9.17, 15) is 14.0 Å². The predicted octanol–water partition coefficient (Wildman–Crippen LogP) is 4.94. The second-order valence-corrected chi connectivity index (χ2v) is 8.33. The number of hydrogen-bond acceptors (Lipinski definition) is 4. The second kappa shape index (κ2) is 10.1. The molecule has 1 heterocycles. The fourth-order valence-corrected chi connectivity index (χ4v) is 4.05. The van der Waals surface area contributed by atoms with E-state index in [0.717, 1.165) is 11.1 Å². The summed E-state index contributed by atoms with van der Waals surface area (Å²) in [6.45, 7) is -0.184. The van der Waals surface area contributed by atoms with Gasteiger partial charge in [-0.25, -0.2) is 9.40 Å². The number of benzene rings is 3. The lowest BCUT2D eigenvalue weighted by molar-refractivity contribution is -0.133. The summed E-state index contributed by atoms with van der Waals surface area (Å²) < 4.78 is 18.7. The number of ether oxygens (including phenoxy) is 1. The summed E-state index contributed by atoms with van der Waals surface area (Å²) in [4.78, 5) is 27.5. The molecule has 1 aliphatic heterocycles. The van der Waals surface area contributed by atoms with Crippen molar-refractivity contribution in [2.45, 2.75) is 12.5 Å². The van der Waals surface area contributed by atoms with Crippen molar-refractivity contribution in [3.63, 3.8) is 0 Å². The van der Waals surface area contributed by atoms with Crippen LogP contribution in [-0.4, -0.2) is 48.1 Å². The fraction of sp³-hybridized carbons (Fsp3) is 0.192. The summed E-state index contributed by atoms with van der Waals surface area (Å²) in [5.74, 6) is -0.353. The molecule has 3 aromatic rings. The number of amides is 2. The standard InChI is InChI=1S/C26H23ClFN3O3/c1-30(26(33)21-5-3-4-6-22(21)27)16-25(32)31-24(18-9-13-20(34-2)14-10-18)15-23(29-31)17-7-11-19(28)12-8-17/h3-14,24H,15-16H2,1-2H3/t24-/m0/s1. The maximum Gasteiger partial charge on any atom is 0.262 e. The van der Waals surface area contributed by atoms with Gasteiger partial charge in [0, 0.05) is 13.5 Å². The number of rotatable bonds is 6. The minimum Gasteiger partial charge on any atom is -0.497 e. The van der Waals surface area contributed by atoms with Gasteiger partial charge in [-0.2, -0.15) is 5.10 Å². The molecule has 0 saturated heterocycles. The summed E-state index contributed by atoms with van der Waals surface area (Å²) >= 11 is 6.15. The third kappa shape index (κ3) is 4.94. The molecule has 1 aliphatic rings. The van der Waals surface area contributed by atoms with Crippen LogP contribution in [0.3, 0.4) is 0 Å². The quantitative estimate of drug-likeness (QED) is 0.503. The fourth-order valence-electron chi connectivity index (χ4n) is 3.83. The SMILES string of the molecule is COc1ccc([C@@H]2CC(c3ccc(F)cc3)=NN2C(=O)CN(C)C(=O)c2ccccc2Cl)cc1. The van der Waals surface area contributed by atoms with E-state index in [1.807, 2.05) is 24.3 Å². The highest BCUT2D eigenvalue weighted by Gasteiger charge is 2.34. The van der Waals surface area contributed by atoms with E-state index in [1.54, 1.807) is 50.6 Å². The van der Waals surface area contributed by atoms with Crippen LogP contribution in [0.4, 0.5) is 4.39 Å². The smallest absolute Gasteiger partial charge is 0.262 e. The first-order valence-corrected chi connectivity index (χ1v) is 11.0. The minimum atomic E-state index is -0.373. The lowest BCUT2D eigenvalue weighted by atomic mass is 9.98. The Kier molecular flexibility index (Phi) is 6.93. The number of methoxy groups -OCH3 is 1. The van der Waals surface area contributed by atoms with Crippen LogP contribution in [0.2, 0.25) is 5.02 Å². The van der Waals surface area contributed by atoms with Gasteiger partial charge in [-0.1, -0.05) is 48.0 Å². The molecule has 1 atom stereocenters. The van der Waals surface area contributed by atoms with E-state index in [0.29, 0.717) is 28.5 Å². The molecule has 6 nitrogen and oxygen atoms in total. The molecule has 4 rings (SSSR count). The first-order chi connectivity index (χ1) is 16.4. The zero-order valence-electron chi connectivity index (χ0n) is 18.7. The third-order valence-corrected chi connectivity index (χ3v) is 6.00. The lowest BCUT2D eigenvalue weighted by Gasteiger charge is -2.25. The number of hydrogen-bond donors (Lipinski definition) is 0.